The Balaban J connectivity index is 0.000000682. The first-order valence-electron chi connectivity index (χ1n) is 13.6. The molecule has 0 radical (unpaired) electrons. The van der Waals surface area contributed by atoms with Crippen LogP contribution in [0.4, 0.5) is 5.69 Å². The van der Waals surface area contributed by atoms with E-state index in [-0.39, 0.29) is 10.9 Å². The highest BCUT2D eigenvalue weighted by molar-refractivity contribution is 6.13. The standard InChI is InChI=1S/C31H28N2O5.ClHO4/c1-4-33(5-2)19-12-13-22-25(16-19)37-29-23-15-18-9-8-14-32(3)24(18)17-26(23)38-31(36)28(29)27(22)20-10-6-7-11-21(20)30(34)35;2-1(3,4)5/h6-7,10-13,15-17H,4-5,8-9,14H2,1-3H3;(H,2,3,4,5). The molecule has 3 heterocycles. The predicted molar refractivity (Wildman–Crippen MR) is 149 cm³/mol. The van der Waals surface area contributed by atoms with Crippen molar-refractivity contribution in [2.45, 2.75) is 26.7 Å². The molecule has 0 atom stereocenters. The van der Waals surface area contributed by atoms with Crippen LogP contribution < -0.4 is 39.1 Å². The van der Waals surface area contributed by atoms with E-state index < -0.39 is 21.8 Å². The van der Waals surface area contributed by atoms with Gasteiger partial charge in [-0.2, -0.15) is 0 Å². The molecule has 0 saturated carbocycles. The van der Waals surface area contributed by atoms with Crippen LogP contribution in [0.2, 0.25) is 0 Å². The highest BCUT2D eigenvalue weighted by atomic mass is 35.7. The second kappa shape index (κ2) is 11.8. The molecular weight excluding hydrogens is 580 g/mol. The lowest BCUT2D eigenvalue weighted by Crippen LogP contribution is -2.68. The van der Waals surface area contributed by atoms with E-state index >= 15 is 0 Å². The Morgan fingerprint density at radius 1 is 1.00 bits per heavy atom. The van der Waals surface area contributed by atoms with Gasteiger partial charge in [0.25, 0.3) is 0 Å². The summed E-state index contributed by atoms with van der Waals surface area (Å²) in [4.78, 5) is 28.0. The SMILES string of the molecule is CC[N+](CC)=c1ccc2c(-c3ccccc3C(=O)O)c3c(=O)oc4cc5c(cc4c3oc-2c1)CCCN5C.[O-][Cl+3]([O-])([O-])[O-]. The summed E-state index contributed by atoms with van der Waals surface area (Å²) in [7, 11) is -2.91. The Morgan fingerprint density at radius 2 is 1.70 bits per heavy atom. The number of carboxylic acid groups (broad SMARTS) is 1. The zero-order chi connectivity index (χ0) is 31.1. The topological polar surface area (TPSA) is 179 Å². The number of benzene rings is 3. The highest BCUT2D eigenvalue weighted by Crippen LogP contribution is 2.43. The summed E-state index contributed by atoms with van der Waals surface area (Å²) < 4.78 is 48.6. The molecule has 0 amide bonds. The third-order valence-corrected chi connectivity index (χ3v) is 7.66. The minimum atomic E-state index is -4.94. The van der Waals surface area contributed by atoms with Crippen molar-refractivity contribution in [3.05, 3.63) is 81.5 Å². The number of hydrogen-bond donors (Lipinski definition) is 1. The van der Waals surface area contributed by atoms with Gasteiger partial charge < -0.3 is 18.8 Å². The second-order valence-corrected chi connectivity index (χ2v) is 10.9. The molecule has 2 aromatic carbocycles. The molecule has 43 heavy (non-hydrogen) atoms. The van der Waals surface area contributed by atoms with Crippen molar-refractivity contribution in [2.24, 2.45) is 0 Å². The Kier molecular flexibility index (Phi) is 8.28. The molecule has 3 aromatic rings. The number of hydrogen-bond acceptors (Lipinski definition) is 9. The second-order valence-electron chi connectivity index (χ2n) is 10.2. The summed E-state index contributed by atoms with van der Waals surface area (Å²) >= 11 is 0. The van der Waals surface area contributed by atoms with Crippen LogP contribution in [-0.2, 0) is 6.42 Å². The molecule has 1 N–H and O–H groups in total. The zero-order valence-electron chi connectivity index (χ0n) is 23.7. The van der Waals surface area contributed by atoms with Gasteiger partial charge in [0.05, 0.1) is 17.0 Å². The van der Waals surface area contributed by atoms with Crippen molar-refractivity contribution in [3.63, 3.8) is 0 Å². The number of anilines is 1. The van der Waals surface area contributed by atoms with Crippen molar-refractivity contribution in [1.82, 2.24) is 4.58 Å². The van der Waals surface area contributed by atoms with Crippen LogP contribution in [0.5, 0.6) is 0 Å². The van der Waals surface area contributed by atoms with Gasteiger partial charge in [0.15, 0.2) is 5.58 Å². The van der Waals surface area contributed by atoms with Gasteiger partial charge in [-0.1, -0.05) is 18.2 Å². The normalized spacial score (nSPS) is 13.1. The maximum absolute atomic E-state index is 13.6. The van der Waals surface area contributed by atoms with E-state index in [4.69, 9.17) is 27.5 Å². The summed E-state index contributed by atoms with van der Waals surface area (Å²) in [6.45, 7) is 6.79. The van der Waals surface area contributed by atoms with Crippen LogP contribution in [0.3, 0.4) is 0 Å². The third kappa shape index (κ3) is 5.99. The molecule has 11 nitrogen and oxygen atoms in total. The monoisotopic (exact) mass is 608 g/mol. The highest BCUT2D eigenvalue weighted by Gasteiger charge is 2.27. The van der Waals surface area contributed by atoms with E-state index in [1.54, 1.807) is 24.3 Å². The predicted octanol–water partition coefficient (Wildman–Crippen LogP) is 0.448. The molecule has 12 heteroatoms. The Bertz CT molecular complexity index is 1940. The lowest BCUT2D eigenvalue weighted by molar-refractivity contribution is -2.00. The van der Waals surface area contributed by atoms with E-state index in [9.17, 15) is 14.7 Å². The Morgan fingerprint density at radius 3 is 2.37 bits per heavy atom. The van der Waals surface area contributed by atoms with E-state index in [0.717, 1.165) is 43.5 Å². The van der Waals surface area contributed by atoms with Crippen LogP contribution in [0.25, 0.3) is 44.4 Å². The molecule has 2 aliphatic heterocycles. The maximum Gasteiger partial charge on any atom is 0.348 e. The van der Waals surface area contributed by atoms with Gasteiger partial charge in [-0.3, -0.25) is 0 Å². The van der Waals surface area contributed by atoms with Crippen molar-refractivity contribution < 1.29 is 47.6 Å². The minimum Gasteiger partial charge on any atom is -0.478 e. The van der Waals surface area contributed by atoms with Gasteiger partial charge >= 0.3 is 11.6 Å². The average Bonchev–Trinajstić information content (AvgIpc) is 2.95. The molecule has 6 rings (SSSR count). The average molecular weight is 609 g/mol. The molecule has 0 spiro atoms. The van der Waals surface area contributed by atoms with Crippen molar-refractivity contribution in [2.75, 3.05) is 31.6 Å². The largest absolute Gasteiger partial charge is 0.478 e. The van der Waals surface area contributed by atoms with Crippen molar-refractivity contribution in [1.29, 1.82) is 0 Å². The van der Waals surface area contributed by atoms with Gasteiger partial charge in [-0.15, -0.1) is 10.2 Å². The van der Waals surface area contributed by atoms with E-state index in [0.29, 0.717) is 39.0 Å². The minimum absolute atomic E-state index is 0.112. The van der Waals surface area contributed by atoms with E-state index in [2.05, 4.69) is 29.4 Å². The number of carboxylic acids is 1. The number of carbonyl (C=O) groups is 1. The number of halogens is 1. The van der Waals surface area contributed by atoms with Crippen LogP contribution >= 0.6 is 0 Å². The maximum atomic E-state index is 13.6. The van der Waals surface area contributed by atoms with Gasteiger partial charge in [0.2, 0.25) is 5.36 Å². The molecule has 1 aromatic heterocycles. The van der Waals surface area contributed by atoms with E-state index in [1.165, 1.54) is 5.56 Å². The molecule has 0 fully saturated rings. The smallest absolute Gasteiger partial charge is 0.348 e. The third-order valence-electron chi connectivity index (χ3n) is 7.66. The summed E-state index contributed by atoms with van der Waals surface area (Å²) in [6, 6.07) is 16.6. The fourth-order valence-corrected chi connectivity index (χ4v) is 5.76. The number of rotatable bonds is 4. The first kappa shape index (κ1) is 30.2. The van der Waals surface area contributed by atoms with Crippen molar-refractivity contribution >= 4 is 33.6 Å². The fourth-order valence-electron chi connectivity index (χ4n) is 5.76. The Hall–Kier alpha value is -4.26. The first-order valence-corrected chi connectivity index (χ1v) is 14.9. The fraction of sp³-hybridized carbons (Fsp3) is 0.258. The number of nitrogens with zero attached hydrogens (tertiary/aromatic N) is 2. The number of fused-ring (bicyclic) bond motifs is 5. The summed E-state index contributed by atoms with van der Waals surface area (Å²) in [5.41, 5.74) is 4.25. The zero-order valence-corrected chi connectivity index (χ0v) is 24.5. The quantitative estimate of drug-likeness (QED) is 0.130. The molecule has 224 valence electrons. The van der Waals surface area contributed by atoms with Crippen LogP contribution in [-0.4, -0.2) is 37.8 Å². The lowest BCUT2D eigenvalue weighted by atomic mass is 9.90. The summed E-state index contributed by atoms with van der Waals surface area (Å²) in [5.74, 6) is -0.483. The van der Waals surface area contributed by atoms with Crippen LogP contribution in [0, 0.1) is 10.2 Å². The van der Waals surface area contributed by atoms with Gasteiger partial charge in [-0.25, -0.2) is 32.8 Å². The van der Waals surface area contributed by atoms with Gasteiger partial charge in [0.1, 0.15) is 29.8 Å². The molecule has 0 unspecified atom stereocenters. The Labute approximate surface area is 247 Å². The van der Waals surface area contributed by atoms with Gasteiger partial charge in [0, 0.05) is 42.5 Å². The van der Waals surface area contributed by atoms with Crippen LogP contribution in [0.15, 0.2) is 68.2 Å². The molecule has 1 aliphatic carbocycles. The summed E-state index contributed by atoms with van der Waals surface area (Å²) in [6.07, 6.45) is 1.96. The van der Waals surface area contributed by atoms with Gasteiger partial charge in [-0.05, 0) is 56.0 Å². The lowest BCUT2D eigenvalue weighted by Gasteiger charge is -2.27. The molecule has 3 aliphatic rings. The molecule has 0 saturated heterocycles. The summed E-state index contributed by atoms with van der Waals surface area (Å²) in [5, 5.41) is 12.0. The van der Waals surface area contributed by atoms with E-state index in [1.807, 2.05) is 31.3 Å². The van der Waals surface area contributed by atoms with Crippen molar-refractivity contribution in [3.8, 4) is 22.5 Å². The first-order chi connectivity index (χ1) is 20.4. The van der Waals surface area contributed by atoms with Crippen LogP contribution in [0.1, 0.15) is 36.2 Å². The molecule has 0 bridgehead atoms. The molecular formula is C31H29ClN2O9. The number of aryl methyl sites for hydroxylation is 1. The number of aromatic carboxylic acids is 1.